The molecule has 0 spiro atoms. The molecule has 0 radical (unpaired) electrons. The SMILES string of the molecule is COc1cc(S2(OC)CC(NC(=O)c3ccccc3)SC2(CO)OC)cc(OC)c1OC. The first-order valence-corrected chi connectivity index (χ1v) is 12.4. The third kappa shape index (κ3) is 4.13. The Morgan fingerprint density at radius 1 is 1.09 bits per heavy atom. The van der Waals surface area contributed by atoms with Crippen molar-refractivity contribution in [2.45, 2.75) is 14.5 Å². The molecule has 3 unspecified atom stereocenters. The predicted octanol–water partition coefficient (Wildman–Crippen LogP) is 3.23. The van der Waals surface area contributed by atoms with Gasteiger partial charge < -0.3 is 33.6 Å². The highest BCUT2D eigenvalue weighted by molar-refractivity contribution is 8.40. The zero-order valence-corrected chi connectivity index (χ0v) is 20.4. The van der Waals surface area contributed by atoms with Gasteiger partial charge in [-0.1, -0.05) is 40.3 Å². The lowest BCUT2D eigenvalue weighted by atomic mass is 10.2. The van der Waals surface area contributed by atoms with E-state index in [0.29, 0.717) is 28.6 Å². The minimum atomic E-state index is -2.29. The Hall–Kier alpha value is -2.11. The number of hydrogen-bond acceptors (Lipinski definition) is 8. The fraction of sp³-hybridized carbons (Fsp3) is 0.409. The Balaban J connectivity index is 2.05. The van der Waals surface area contributed by atoms with Crippen LogP contribution in [0.3, 0.4) is 0 Å². The van der Waals surface area contributed by atoms with Gasteiger partial charge in [0.25, 0.3) is 5.91 Å². The maximum absolute atomic E-state index is 12.8. The molecule has 1 amide bonds. The molecular weight excluding hydrogens is 454 g/mol. The minimum absolute atomic E-state index is 0.206. The van der Waals surface area contributed by atoms with Crippen LogP contribution in [0.5, 0.6) is 17.2 Å². The van der Waals surface area contributed by atoms with Crippen LogP contribution in [-0.2, 0) is 8.92 Å². The number of benzene rings is 2. The topological polar surface area (TPSA) is 95.5 Å². The van der Waals surface area contributed by atoms with Crippen molar-refractivity contribution in [1.29, 1.82) is 0 Å². The van der Waals surface area contributed by atoms with Gasteiger partial charge in [0.2, 0.25) is 5.75 Å². The summed E-state index contributed by atoms with van der Waals surface area (Å²) >= 11 is 1.34. The van der Waals surface area contributed by atoms with Crippen LogP contribution in [-0.4, -0.2) is 68.6 Å². The van der Waals surface area contributed by atoms with E-state index in [4.69, 9.17) is 23.1 Å². The van der Waals surface area contributed by atoms with Gasteiger partial charge in [-0.2, -0.15) is 0 Å². The Morgan fingerprint density at radius 3 is 2.19 bits per heavy atom. The average Bonchev–Trinajstić information content (AvgIpc) is 3.17. The van der Waals surface area contributed by atoms with Gasteiger partial charge in [0.05, 0.1) is 33.3 Å². The number of rotatable bonds is 9. The molecule has 10 heteroatoms. The van der Waals surface area contributed by atoms with Crippen molar-refractivity contribution in [1.82, 2.24) is 5.32 Å². The maximum atomic E-state index is 12.8. The fourth-order valence-corrected chi connectivity index (χ4v) is 10.0. The van der Waals surface area contributed by atoms with Crippen molar-refractivity contribution >= 4 is 28.0 Å². The Labute approximate surface area is 194 Å². The van der Waals surface area contributed by atoms with Crippen LogP contribution < -0.4 is 19.5 Å². The maximum Gasteiger partial charge on any atom is 0.252 e. The van der Waals surface area contributed by atoms with Crippen LogP contribution in [0.15, 0.2) is 47.4 Å². The average molecular weight is 484 g/mol. The summed E-state index contributed by atoms with van der Waals surface area (Å²) in [6.07, 6.45) is 0. The molecular formula is C22H29NO7S2. The molecule has 32 heavy (non-hydrogen) atoms. The number of ether oxygens (including phenoxy) is 4. The number of aliphatic hydroxyl groups excluding tert-OH is 1. The Kier molecular flexibility index (Phi) is 7.84. The Morgan fingerprint density at radius 2 is 1.72 bits per heavy atom. The van der Waals surface area contributed by atoms with Crippen molar-refractivity contribution < 1.29 is 33.0 Å². The Bertz CT molecular complexity index is 914. The van der Waals surface area contributed by atoms with Gasteiger partial charge in [-0.15, -0.1) is 0 Å². The van der Waals surface area contributed by atoms with Crippen LogP contribution in [0.4, 0.5) is 0 Å². The summed E-state index contributed by atoms with van der Waals surface area (Å²) in [4.78, 5) is 13.5. The highest BCUT2D eigenvalue weighted by Crippen LogP contribution is 2.76. The number of hydrogen-bond donors (Lipinski definition) is 2. The molecule has 1 saturated heterocycles. The fourth-order valence-electron chi connectivity index (χ4n) is 3.76. The lowest BCUT2D eigenvalue weighted by molar-refractivity contribution is 0.0771. The molecule has 1 aliphatic rings. The second kappa shape index (κ2) is 10.2. The van der Waals surface area contributed by atoms with E-state index in [1.165, 1.54) is 40.2 Å². The second-order valence-electron chi connectivity index (χ2n) is 6.86. The minimum Gasteiger partial charge on any atom is -0.493 e. The molecule has 1 heterocycles. The van der Waals surface area contributed by atoms with E-state index in [2.05, 4.69) is 5.32 Å². The lowest BCUT2D eigenvalue weighted by Crippen LogP contribution is -2.36. The highest BCUT2D eigenvalue weighted by atomic mass is 32.3. The summed E-state index contributed by atoms with van der Waals surface area (Å²) in [7, 11) is 5.44. The quantitative estimate of drug-likeness (QED) is 0.561. The second-order valence-corrected chi connectivity index (χ2v) is 11.7. The smallest absolute Gasteiger partial charge is 0.252 e. The van der Waals surface area contributed by atoms with Gasteiger partial charge in [0.15, 0.2) is 15.8 Å². The summed E-state index contributed by atoms with van der Waals surface area (Å²) in [6.45, 7) is -0.314. The summed E-state index contributed by atoms with van der Waals surface area (Å²) < 4.78 is 27.4. The molecule has 2 aromatic carbocycles. The van der Waals surface area contributed by atoms with Crippen LogP contribution in [0.1, 0.15) is 10.4 Å². The number of carbonyl (C=O) groups is 1. The number of aliphatic hydroxyl groups is 1. The summed E-state index contributed by atoms with van der Waals surface area (Å²) in [5.74, 6) is 1.60. The molecule has 0 aliphatic carbocycles. The number of thioether (sulfide) groups is 1. The molecule has 1 aliphatic heterocycles. The first kappa shape index (κ1) is 24.5. The molecule has 2 N–H and O–H groups in total. The van der Waals surface area contributed by atoms with Gasteiger partial charge in [-0.3, -0.25) is 4.79 Å². The molecule has 2 aromatic rings. The summed E-state index contributed by atoms with van der Waals surface area (Å²) in [5, 5.41) is 13.1. The zero-order valence-electron chi connectivity index (χ0n) is 18.7. The van der Waals surface area contributed by atoms with Crippen LogP contribution in [0.2, 0.25) is 0 Å². The molecule has 3 rings (SSSR count). The van der Waals surface area contributed by atoms with E-state index in [1.807, 2.05) is 30.3 Å². The highest BCUT2D eigenvalue weighted by Gasteiger charge is 2.59. The van der Waals surface area contributed by atoms with Crippen molar-refractivity contribution in [2.75, 3.05) is 47.9 Å². The van der Waals surface area contributed by atoms with E-state index in [0.717, 1.165) is 4.90 Å². The summed E-state index contributed by atoms with van der Waals surface area (Å²) in [6, 6.07) is 12.6. The van der Waals surface area contributed by atoms with E-state index in [9.17, 15) is 9.90 Å². The largest absolute Gasteiger partial charge is 0.493 e. The zero-order chi connectivity index (χ0) is 23.4. The number of amides is 1. The normalized spacial score (nSPS) is 26.8. The number of nitrogens with one attached hydrogen (secondary N) is 1. The van der Waals surface area contributed by atoms with Crippen LogP contribution in [0, 0.1) is 0 Å². The van der Waals surface area contributed by atoms with E-state index in [-0.39, 0.29) is 17.9 Å². The molecule has 0 aromatic heterocycles. The monoisotopic (exact) mass is 483 g/mol. The lowest BCUT2D eigenvalue weighted by Gasteiger charge is -2.46. The van der Waals surface area contributed by atoms with Crippen molar-refractivity contribution in [3.63, 3.8) is 0 Å². The van der Waals surface area contributed by atoms with Gasteiger partial charge in [-0.05, 0) is 24.3 Å². The van der Waals surface area contributed by atoms with Gasteiger partial charge in [-0.25, -0.2) is 0 Å². The predicted molar refractivity (Wildman–Crippen MR) is 126 cm³/mol. The first-order chi connectivity index (χ1) is 15.4. The van der Waals surface area contributed by atoms with Gasteiger partial charge >= 0.3 is 0 Å². The standard InChI is InChI=1S/C22H29NO7S2/c1-26-17-11-16(12-18(27-2)20(17)28-3)32(30-5)13-19(31-22(32,14-24)29-4)23-21(25)15-9-7-6-8-10-15/h6-12,19,24H,13-14H2,1-5H3,(H,23,25). The third-order valence-electron chi connectivity index (χ3n) is 5.35. The first-order valence-electron chi connectivity index (χ1n) is 9.80. The van der Waals surface area contributed by atoms with Gasteiger partial charge in [0.1, 0.15) is 0 Å². The number of methoxy groups -OCH3 is 4. The van der Waals surface area contributed by atoms with Crippen molar-refractivity contribution in [2.24, 2.45) is 0 Å². The van der Waals surface area contributed by atoms with Gasteiger partial charge in [0, 0.05) is 30.4 Å². The van der Waals surface area contributed by atoms with E-state index < -0.39 is 14.6 Å². The van der Waals surface area contributed by atoms with Crippen LogP contribution in [0.25, 0.3) is 0 Å². The molecule has 8 nitrogen and oxygen atoms in total. The molecule has 0 bridgehead atoms. The third-order valence-corrected chi connectivity index (χ3v) is 11.5. The summed E-state index contributed by atoms with van der Waals surface area (Å²) in [5.41, 5.74) is 0.554. The van der Waals surface area contributed by atoms with Crippen molar-refractivity contribution in [3.8, 4) is 17.2 Å². The molecule has 176 valence electrons. The molecule has 3 atom stereocenters. The van der Waals surface area contributed by atoms with E-state index >= 15 is 0 Å². The molecule has 0 saturated carbocycles. The van der Waals surface area contributed by atoms with Crippen LogP contribution >= 0.6 is 22.1 Å². The number of carbonyl (C=O) groups excluding carboxylic acids is 1. The van der Waals surface area contributed by atoms with Crippen molar-refractivity contribution in [3.05, 3.63) is 48.0 Å². The molecule has 1 fully saturated rings. The van der Waals surface area contributed by atoms with E-state index in [1.54, 1.807) is 19.2 Å².